The van der Waals surface area contributed by atoms with Crippen LogP contribution in [0.4, 0.5) is 21.5 Å². The van der Waals surface area contributed by atoms with Gasteiger partial charge in [-0.05, 0) is 47.0 Å². The predicted molar refractivity (Wildman–Crippen MR) is 158 cm³/mol. The number of benzene rings is 3. The Labute approximate surface area is 250 Å². The lowest BCUT2D eigenvalue weighted by Gasteiger charge is -2.34. The first-order chi connectivity index (χ1) is 20.5. The van der Waals surface area contributed by atoms with E-state index < -0.39 is 5.82 Å². The molecule has 7 rings (SSSR count). The second-order valence-electron chi connectivity index (χ2n) is 10.3. The molecule has 1 unspecified atom stereocenters. The molecule has 42 heavy (non-hydrogen) atoms. The molecule has 3 N–H and O–H groups in total. The number of pyridine rings is 1. The summed E-state index contributed by atoms with van der Waals surface area (Å²) in [6.45, 7) is 3.19. The summed E-state index contributed by atoms with van der Waals surface area (Å²) in [6.07, 6.45) is 3.23. The highest BCUT2D eigenvalue weighted by Gasteiger charge is 2.33. The van der Waals surface area contributed by atoms with Crippen LogP contribution in [0.25, 0.3) is 10.9 Å². The average Bonchev–Trinajstić information content (AvgIpc) is 3.64. The van der Waals surface area contributed by atoms with Gasteiger partial charge in [0.2, 0.25) is 0 Å². The molecule has 2 aromatic heterocycles. The molecule has 0 bridgehead atoms. The number of rotatable bonds is 7. The average molecular weight is 601 g/mol. The van der Waals surface area contributed by atoms with Gasteiger partial charge in [0.1, 0.15) is 17.6 Å². The van der Waals surface area contributed by atoms with Gasteiger partial charge in [0.25, 0.3) is 0 Å². The lowest BCUT2D eigenvalue weighted by molar-refractivity contribution is -0.0670. The molecule has 4 heterocycles. The number of anilines is 3. The fourth-order valence-electron chi connectivity index (χ4n) is 5.55. The van der Waals surface area contributed by atoms with E-state index in [-0.39, 0.29) is 11.1 Å². The summed E-state index contributed by atoms with van der Waals surface area (Å²) >= 11 is 12.8. The van der Waals surface area contributed by atoms with Crippen molar-refractivity contribution in [1.29, 1.82) is 5.26 Å². The summed E-state index contributed by atoms with van der Waals surface area (Å²) in [6, 6.07) is 16.6. The minimum absolute atomic E-state index is 0.0356. The maximum atomic E-state index is 13.8. The quantitative estimate of drug-likeness (QED) is 0.198. The number of hydrogen-bond donors (Lipinski definition) is 3. The van der Waals surface area contributed by atoms with E-state index in [2.05, 4.69) is 60.2 Å². The van der Waals surface area contributed by atoms with Crippen LogP contribution in [0.3, 0.4) is 0 Å². The number of nitriles is 1. The minimum atomic E-state index is -0.535. The highest BCUT2D eigenvalue weighted by atomic mass is 35.5. The molecule has 0 spiro atoms. The second-order valence-corrected chi connectivity index (χ2v) is 11.1. The zero-order chi connectivity index (χ0) is 28.8. The van der Waals surface area contributed by atoms with Gasteiger partial charge < -0.3 is 15.4 Å². The van der Waals surface area contributed by atoms with Crippen molar-refractivity contribution in [2.45, 2.75) is 25.2 Å². The molecule has 2 aliphatic heterocycles. The number of fused-ring (bicyclic) bond motifs is 2. The number of ether oxygens (including phenoxy) is 1. The highest BCUT2D eigenvalue weighted by Crippen LogP contribution is 2.39. The fourth-order valence-corrected chi connectivity index (χ4v) is 5.99. The Balaban J connectivity index is 1.30. The lowest BCUT2D eigenvalue weighted by Crippen LogP contribution is -2.46. The van der Waals surface area contributed by atoms with Crippen molar-refractivity contribution in [2.24, 2.45) is 0 Å². The number of aromatic nitrogens is 4. The van der Waals surface area contributed by atoms with Gasteiger partial charge >= 0.3 is 0 Å². The first-order valence-electron chi connectivity index (χ1n) is 13.3. The Kier molecular flexibility index (Phi) is 6.88. The van der Waals surface area contributed by atoms with Gasteiger partial charge in [0.15, 0.2) is 0 Å². The van der Waals surface area contributed by atoms with Crippen LogP contribution >= 0.6 is 23.2 Å². The summed E-state index contributed by atoms with van der Waals surface area (Å²) in [4.78, 5) is 6.89. The van der Waals surface area contributed by atoms with E-state index in [0.29, 0.717) is 50.3 Å². The van der Waals surface area contributed by atoms with E-state index in [9.17, 15) is 9.65 Å². The van der Waals surface area contributed by atoms with E-state index in [0.717, 1.165) is 31.9 Å². The Morgan fingerprint density at radius 2 is 1.95 bits per heavy atom. The van der Waals surface area contributed by atoms with Crippen LogP contribution in [0.15, 0.2) is 60.9 Å². The summed E-state index contributed by atoms with van der Waals surface area (Å²) in [5, 5.41) is 28.9. The van der Waals surface area contributed by atoms with E-state index in [1.165, 1.54) is 29.5 Å². The van der Waals surface area contributed by atoms with Gasteiger partial charge in [-0.2, -0.15) is 5.26 Å². The second kappa shape index (κ2) is 10.9. The number of hydrogen-bond acceptors (Lipinski definition) is 8. The van der Waals surface area contributed by atoms with E-state index in [4.69, 9.17) is 27.9 Å². The predicted octanol–water partition coefficient (Wildman–Crippen LogP) is 6.33. The molecule has 1 fully saturated rings. The first kappa shape index (κ1) is 26.6. The van der Waals surface area contributed by atoms with Gasteiger partial charge in [-0.3, -0.25) is 15.0 Å². The van der Waals surface area contributed by atoms with Crippen LogP contribution in [0.2, 0.25) is 10.0 Å². The molecule has 1 atom stereocenters. The Morgan fingerprint density at radius 3 is 2.69 bits per heavy atom. The SMILES string of the molecule is N#Cc1cnc2c(Cl)cc(NC(c3c[nH]nn3)c3cccc4c3CN(C3COC3)C4)cc2c1Nc1ccc(F)c(Cl)c1. The number of aromatic amines is 1. The molecular weight excluding hydrogens is 578 g/mol. The third-order valence-corrected chi connectivity index (χ3v) is 8.35. The summed E-state index contributed by atoms with van der Waals surface area (Å²) in [5.74, 6) is -0.535. The van der Waals surface area contributed by atoms with Gasteiger partial charge in [0, 0.05) is 42.2 Å². The maximum Gasteiger partial charge on any atom is 0.141 e. The maximum absolute atomic E-state index is 13.8. The minimum Gasteiger partial charge on any atom is -0.378 e. The van der Waals surface area contributed by atoms with Crippen molar-refractivity contribution >= 4 is 51.2 Å². The van der Waals surface area contributed by atoms with Crippen molar-refractivity contribution in [3.63, 3.8) is 0 Å². The molecule has 0 radical (unpaired) electrons. The lowest BCUT2D eigenvalue weighted by atomic mass is 9.95. The van der Waals surface area contributed by atoms with Gasteiger partial charge in [0.05, 0.1) is 52.1 Å². The monoisotopic (exact) mass is 600 g/mol. The number of nitrogens with one attached hydrogen (secondary N) is 3. The first-order valence-corrected chi connectivity index (χ1v) is 14.0. The summed E-state index contributed by atoms with van der Waals surface area (Å²) in [7, 11) is 0. The molecule has 12 heteroatoms. The Hall–Kier alpha value is -4.27. The molecular formula is C30H23Cl2FN8O. The zero-order valence-electron chi connectivity index (χ0n) is 22.0. The third-order valence-electron chi connectivity index (χ3n) is 7.77. The van der Waals surface area contributed by atoms with Crippen molar-refractivity contribution in [3.8, 4) is 6.07 Å². The van der Waals surface area contributed by atoms with Crippen LogP contribution < -0.4 is 10.6 Å². The van der Waals surface area contributed by atoms with Crippen molar-refractivity contribution in [1.82, 2.24) is 25.3 Å². The van der Waals surface area contributed by atoms with E-state index in [1.54, 1.807) is 18.3 Å². The molecule has 0 aliphatic carbocycles. The molecule has 0 amide bonds. The largest absolute Gasteiger partial charge is 0.378 e. The van der Waals surface area contributed by atoms with Crippen molar-refractivity contribution < 1.29 is 9.13 Å². The van der Waals surface area contributed by atoms with E-state index in [1.807, 2.05) is 6.07 Å². The third kappa shape index (κ3) is 4.80. The molecule has 2 aliphatic rings. The van der Waals surface area contributed by atoms with E-state index >= 15 is 0 Å². The van der Waals surface area contributed by atoms with Gasteiger partial charge in [-0.1, -0.05) is 46.6 Å². The molecule has 5 aromatic rings. The smallest absolute Gasteiger partial charge is 0.141 e. The zero-order valence-corrected chi connectivity index (χ0v) is 23.5. The number of nitrogens with zero attached hydrogens (tertiary/aromatic N) is 5. The fraction of sp³-hybridized carbons (Fsp3) is 0.200. The number of halogens is 3. The van der Waals surface area contributed by atoms with Crippen LogP contribution in [-0.4, -0.2) is 44.6 Å². The molecule has 3 aromatic carbocycles. The Bertz CT molecular complexity index is 1860. The van der Waals surface area contributed by atoms with Gasteiger partial charge in [-0.15, -0.1) is 5.10 Å². The van der Waals surface area contributed by atoms with Crippen LogP contribution in [0.1, 0.15) is 34.0 Å². The summed E-state index contributed by atoms with van der Waals surface area (Å²) in [5.41, 5.74) is 6.82. The molecule has 9 nitrogen and oxygen atoms in total. The van der Waals surface area contributed by atoms with Crippen LogP contribution in [0, 0.1) is 17.1 Å². The standard InChI is InChI=1S/C30H23Cl2FN8O/c31-24-7-18(4-5-26(24)33)37-28-17(9-34)10-35-29-22(28)6-19(8-25(29)32)38-30(27-11-36-40-39-27)21-3-1-2-16-12-41(13-23(16)21)20-14-42-15-20/h1-8,10-11,20,30,38H,12-15H2,(H,35,37)(H,36,39,40). The highest BCUT2D eigenvalue weighted by molar-refractivity contribution is 6.36. The molecule has 210 valence electrons. The molecule has 1 saturated heterocycles. The normalized spacial score (nSPS) is 15.7. The Morgan fingerprint density at radius 1 is 1.10 bits per heavy atom. The van der Waals surface area contributed by atoms with Crippen molar-refractivity contribution in [2.75, 3.05) is 23.8 Å². The van der Waals surface area contributed by atoms with Crippen molar-refractivity contribution in [3.05, 3.63) is 105 Å². The van der Waals surface area contributed by atoms with Gasteiger partial charge in [-0.25, -0.2) is 4.39 Å². The molecule has 0 saturated carbocycles. The van der Waals surface area contributed by atoms with Crippen LogP contribution in [0.5, 0.6) is 0 Å². The number of H-pyrrole nitrogens is 1. The topological polar surface area (TPSA) is 115 Å². The van der Waals surface area contributed by atoms with Crippen LogP contribution in [-0.2, 0) is 17.8 Å². The summed E-state index contributed by atoms with van der Waals surface area (Å²) < 4.78 is 19.3.